The molecule has 0 fully saturated rings. The lowest BCUT2D eigenvalue weighted by atomic mass is 10.1. The number of aromatic nitrogens is 3. The zero-order valence-corrected chi connectivity index (χ0v) is 20.3. The molecule has 0 saturated carbocycles. The molecule has 11 heteroatoms. The third-order valence-electron chi connectivity index (χ3n) is 4.58. The Morgan fingerprint density at radius 3 is 2.52 bits per heavy atom. The molecule has 31 heavy (non-hydrogen) atoms. The van der Waals surface area contributed by atoms with Crippen LogP contribution in [0.15, 0.2) is 29.6 Å². The number of rotatable bonds is 7. The Morgan fingerprint density at radius 1 is 1.29 bits per heavy atom. The van der Waals surface area contributed by atoms with Gasteiger partial charge in [-0.15, -0.1) is 11.3 Å². The summed E-state index contributed by atoms with van der Waals surface area (Å²) in [6, 6.07) is 6.99. The average molecular weight is 482 g/mol. The number of sulfonamides is 1. The number of halogens is 1. The summed E-state index contributed by atoms with van der Waals surface area (Å²) in [5.41, 5.74) is 2.94. The standard InChI is InChI=1S/C20H24ClN5O3S2/c1-12(2)10-26-18(21)17(13(3)24-26)19(27)23-20-22-16(11-30-20)14-6-8-15(9-7-14)25(4)31(5,28)29/h6-9,11-12H,10H2,1-5H3,(H,22,23,27). The van der Waals surface area contributed by atoms with Crippen LogP contribution >= 0.6 is 22.9 Å². The van der Waals surface area contributed by atoms with Crippen molar-refractivity contribution in [3.63, 3.8) is 0 Å². The van der Waals surface area contributed by atoms with Crippen molar-refractivity contribution in [2.45, 2.75) is 27.3 Å². The Morgan fingerprint density at radius 2 is 1.94 bits per heavy atom. The van der Waals surface area contributed by atoms with Crippen molar-refractivity contribution in [2.75, 3.05) is 22.9 Å². The quantitative estimate of drug-likeness (QED) is 0.543. The van der Waals surface area contributed by atoms with Crippen LogP contribution in [-0.2, 0) is 16.6 Å². The van der Waals surface area contributed by atoms with E-state index in [1.807, 2.05) is 5.38 Å². The summed E-state index contributed by atoms with van der Waals surface area (Å²) in [7, 11) is -1.83. The number of carbonyl (C=O) groups excluding carboxylic acids is 1. The van der Waals surface area contributed by atoms with E-state index >= 15 is 0 Å². The molecule has 0 saturated heterocycles. The molecule has 2 aromatic heterocycles. The molecule has 8 nitrogen and oxygen atoms in total. The van der Waals surface area contributed by atoms with Gasteiger partial charge in [0.2, 0.25) is 10.0 Å². The van der Waals surface area contributed by atoms with E-state index in [2.05, 4.69) is 29.2 Å². The Hall–Kier alpha value is -2.43. The average Bonchev–Trinajstić information content (AvgIpc) is 3.24. The second-order valence-electron chi connectivity index (χ2n) is 7.60. The van der Waals surface area contributed by atoms with Crippen LogP contribution in [0.25, 0.3) is 11.3 Å². The zero-order chi connectivity index (χ0) is 22.9. The SMILES string of the molecule is Cc1nn(CC(C)C)c(Cl)c1C(=O)Nc1nc(-c2ccc(N(C)S(C)(=O)=O)cc2)cs1. The Balaban J connectivity index is 1.76. The summed E-state index contributed by atoms with van der Waals surface area (Å²) >= 11 is 7.68. The largest absolute Gasteiger partial charge is 0.298 e. The van der Waals surface area contributed by atoms with Crippen molar-refractivity contribution in [3.05, 3.63) is 46.1 Å². The topological polar surface area (TPSA) is 97.2 Å². The van der Waals surface area contributed by atoms with Gasteiger partial charge in [-0.2, -0.15) is 5.10 Å². The summed E-state index contributed by atoms with van der Waals surface area (Å²) in [4.78, 5) is 17.2. The highest BCUT2D eigenvalue weighted by molar-refractivity contribution is 7.92. The molecule has 0 unspecified atom stereocenters. The van der Waals surface area contributed by atoms with E-state index in [4.69, 9.17) is 11.6 Å². The maximum Gasteiger partial charge on any atom is 0.262 e. The lowest BCUT2D eigenvalue weighted by Gasteiger charge is -2.16. The molecule has 3 aromatic rings. The highest BCUT2D eigenvalue weighted by Crippen LogP contribution is 2.28. The van der Waals surface area contributed by atoms with Crippen LogP contribution in [0.2, 0.25) is 5.15 Å². The number of thiazole rings is 1. The van der Waals surface area contributed by atoms with Gasteiger partial charge < -0.3 is 0 Å². The van der Waals surface area contributed by atoms with Gasteiger partial charge in [0.05, 0.1) is 28.9 Å². The summed E-state index contributed by atoms with van der Waals surface area (Å²) in [6.45, 7) is 6.48. The van der Waals surface area contributed by atoms with E-state index in [1.54, 1.807) is 35.9 Å². The van der Waals surface area contributed by atoms with Gasteiger partial charge in [0, 0.05) is 24.5 Å². The summed E-state index contributed by atoms with van der Waals surface area (Å²) < 4.78 is 26.2. The van der Waals surface area contributed by atoms with Crippen LogP contribution in [0, 0.1) is 12.8 Å². The van der Waals surface area contributed by atoms with E-state index in [-0.39, 0.29) is 5.91 Å². The van der Waals surface area contributed by atoms with Crippen LogP contribution in [-0.4, -0.2) is 42.4 Å². The van der Waals surface area contributed by atoms with Crippen LogP contribution < -0.4 is 9.62 Å². The number of nitrogens with one attached hydrogen (secondary N) is 1. The Kier molecular flexibility index (Phi) is 6.73. The Bertz CT molecular complexity index is 1200. The fraction of sp³-hybridized carbons (Fsp3) is 0.350. The molecule has 0 atom stereocenters. The van der Waals surface area contributed by atoms with Gasteiger partial charge in [-0.1, -0.05) is 37.6 Å². The predicted molar refractivity (Wildman–Crippen MR) is 126 cm³/mol. The van der Waals surface area contributed by atoms with Crippen molar-refractivity contribution in [1.82, 2.24) is 14.8 Å². The van der Waals surface area contributed by atoms with E-state index in [0.717, 1.165) is 11.8 Å². The molecule has 0 aliphatic carbocycles. The van der Waals surface area contributed by atoms with Crippen molar-refractivity contribution >= 4 is 49.7 Å². The fourth-order valence-corrected chi connectivity index (χ4v) is 4.48. The molecule has 0 bridgehead atoms. The third-order valence-corrected chi connectivity index (χ3v) is 6.93. The predicted octanol–water partition coefficient (Wildman–Crippen LogP) is 4.27. The number of hydrogen-bond acceptors (Lipinski definition) is 6. The molecular formula is C20H24ClN5O3S2. The normalized spacial score (nSPS) is 11.7. The molecule has 1 amide bonds. The van der Waals surface area contributed by atoms with Gasteiger partial charge in [0.25, 0.3) is 5.91 Å². The molecule has 1 aromatic carbocycles. The minimum atomic E-state index is -3.33. The second kappa shape index (κ2) is 8.97. The van der Waals surface area contributed by atoms with Gasteiger partial charge in [-0.05, 0) is 25.0 Å². The zero-order valence-electron chi connectivity index (χ0n) is 17.9. The summed E-state index contributed by atoms with van der Waals surface area (Å²) in [6.07, 6.45) is 1.15. The third kappa shape index (κ3) is 5.25. The highest BCUT2D eigenvalue weighted by Gasteiger charge is 2.22. The minimum Gasteiger partial charge on any atom is -0.298 e. The number of aryl methyl sites for hydroxylation is 1. The van der Waals surface area contributed by atoms with Crippen LogP contribution in [0.3, 0.4) is 0 Å². The van der Waals surface area contributed by atoms with E-state index in [9.17, 15) is 13.2 Å². The minimum absolute atomic E-state index is 0.311. The lowest BCUT2D eigenvalue weighted by molar-refractivity contribution is 0.102. The summed E-state index contributed by atoms with van der Waals surface area (Å²) in [5, 5.41) is 9.72. The fourth-order valence-electron chi connectivity index (χ4n) is 2.94. The number of carbonyl (C=O) groups is 1. The van der Waals surface area contributed by atoms with Gasteiger partial charge in [0.1, 0.15) is 5.15 Å². The first-order chi connectivity index (χ1) is 14.5. The maximum atomic E-state index is 12.8. The summed E-state index contributed by atoms with van der Waals surface area (Å²) in [5.74, 6) is -0.0126. The number of anilines is 2. The maximum absolute atomic E-state index is 12.8. The molecule has 1 N–H and O–H groups in total. The smallest absolute Gasteiger partial charge is 0.262 e. The number of amides is 1. The van der Waals surface area contributed by atoms with Crippen LogP contribution in [0.1, 0.15) is 29.9 Å². The molecule has 166 valence electrons. The van der Waals surface area contributed by atoms with Crippen molar-refractivity contribution in [2.24, 2.45) is 5.92 Å². The van der Waals surface area contributed by atoms with Crippen LogP contribution in [0.5, 0.6) is 0 Å². The van der Waals surface area contributed by atoms with Crippen molar-refractivity contribution in [1.29, 1.82) is 0 Å². The highest BCUT2D eigenvalue weighted by atomic mass is 35.5. The molecule has 2 heterocycles. The molecule has 0 aliphatic heterocycles. The van der Waals surface area contributed by atoms with Crippen molar-refractivity contribution in [3.8, 4) is 11.3 Å². The van der Waals surface area contributed by atoms with E-state index in [0.29, 0.717) is 45.4 Å². The molecular weight excluding hydrogens is 458 g/mol. The number of benzene rings is 1. The van der Waals surface area contributed by atoms with E-state index in [1.165, 1.54) is 22.7 Å². The van der Waals surface area contributed by atoms with Gasteiger partial charge in [-0.3, -0.25) is 19.1 Å². The van der Waals surface area contributed by atoms with E-state index < -0.39 is 10.0 Å². The second-order valence-corrected chi connectivity index (χ2v) is 10.8. The molecule has 0 radical (unpaired) electrons. The number of hydrogen-bond donors (Lipinski definition) is 1. The van der Waals surface area contributed by atoms with Crippen molar-refractivity contribution < 1.29 is 13.2 Å². The van der Waals surface area contributed by atoms with Gasteiger partial charge in [-0.25, -0.2) is 13.4 Å². The number of nitrogens with zero attached hydrogens (tertiary/aromatic N) is 4. The first-order valence-corrected chi connectivity index (χ1v) is 12.6. The van der Waals surface area contributed by atoms with Gasteiger partial charge >= 0.3 is 0 Å². The monoisotopic (exact) mass is 481 g/mol. The van der Waals surface area contributed by atoms with Gasteiger partial charge in [0.15, 0.2) is 5.13 Å². The Labute approximate surface area is 190 Å². The molecule has 0 spiro atoms. The lowest BCUT2D eigenvalue weighted by Crippen LogP contribution is -2.24. The molecule has 0 aliphatic rings. The van der Waals surface area contributed by atoms with Crippen LogP contribution in [0.4, 0.5) is 10.8 Å². The molecule has 3 rings (SSSR count). The first kappa shape index (κ1) is 23.2. The first-order valence-electron chi connectivity index (χ1n) is 9.51.